The summed E-state index contributed by atoms with van der Waals surface area (Å²) in [6.45, 7) is 6.03. The van der Waals surface area contributed by atoms with Gasteiger partial charge in [0.25, 0.3) is 0 Å². The summed E-state index contributed by atoms with van der Waals surface area (Å²) < 4.78 is 26.3. The van der Waals surface area contributed by atoms with Crippen molar-refractivity contribution in [3.05, 3.63) is 64.2 Å². The number of hydrogen-bond acceptors (Lipinski definition) is 4. The Morgan fingerprint density at radius 1 is 1.12 bits per heavy atom. The Morgan fingerprint density at radius 2 is 1.79 bits per heavy atom. The van der Waals surface area contributed by atoms with Crippen LogP contribution in [0.1, 0.15) is 42.9 Å². The molecular formula is C25H34ClN3O4S. The van der Waals surface area contributed by atoms with Gasteiger partial charge >= 0.3 is 0 Å². The molecule has 0 spiro atoms. The SMILES string of the molecule is CCC(C(=O)NC)N(Cc1cccc(C)c1)C(=O)CCCN(c1cccc(Cl)c1C)S(C)(=O)=O. The third-order valence-electron chi connectivity index (χ3n) is 5.73. The van der Waals surface area contributed by atoms with Crippen molar-refractivity contribution in [3.63, 3.8) is 0 Å². The number of anilines is 1. The molecule has 0 bridgehead atoms. The number of hydrogen-bond donors (Lipinski definition) is 1. The molecule has 0 aliphatic rings. The summed E-state index contributed by atoms with van der Waals surface area (Å²) in [7, 11) is -2.03. The van der Waals surface area contributed by atoms with Crippen LogP contribution in [-0.2, 0) is 26.2 Å². The molecule has 2 aromatic carbocycles. The number of halogens is 1. The van der Waals surface area contributed by atoms with Crippen molar-refractivity contribution in [1.82, 2.24) is 10.2 Å². The third kappa shape index (κ3) is 7.21. The van der Waals surface area contributed by atoms with Crippen LogP contribution in [0, 0.1) is 13.8 Å². The lowest BCUT2D eigenvalue weighted by Crippen LogP contribution is -2.48. The Labute approximate surface area is 208 Å². The smallest absolute Gasteiger partial charge is 0.242 e. The van der Waals surface area contributed by atoms with Crippen molar-refractivity contribution in [3.8, 4) is 0 Å². The van der Waals surface area contributed by atoms with Gasteiger partial charge in [0, 0.05) is 31.6 Å². The predicted octanol–water partition coefficient (Wildman–Crippen LogP) is 4.06. The average molecular weight is 508 g/mol. The van der Waals surface area contributed by atoms with E-state index in [1.807, 2.05) is 38.1 Å². The van der Waals surface area contributed by atoms with E-state index in [1.54, 1.807) is 37.1 Å². The maximum atomic E-state index is 13.3. The number of benzene rings is 2. The Morgan fingerprint density at radius 3 is 2.38 bits per heavy atom. The van der Waals surface area contributed by atoms with Crippen LogP contribution < -0.4 is 9.62 Å². The highest BCUT2D eigenvalue weighted by Crippen LogP contribution is 2.28. The molecule has 186 valence electrons. The number of amides is 2. The highest BCUT2D eigenvalue weighted by molar-refractivity contribution is 7.92. The van der Waals surface area contributed by atoms with Gasteiger partial charge in [-0.2, -0.15) is 0 Å². The molecule has 0 radical (unpaired) electrons. The van der Waals surface area contributed by atoms with E-state index in [0.717, 1.165) is 17.4 Å². The number of carbonyl (C=O) groups is 2. The van der Waals surface area contributed by atoms with E-state index >= 15 is 0 Å². The summed E-state index contributed by atoms with van der Waals surface area (Å²) >= 11 is 6.20. The number of rotatable bonds is 11. The second-order valence-corrected chi connectivity index (χ2v) is 10.7. The van der Waals surface area contributed by atoms with Crippen molar-refractivity contribution in [1.29, 1.82) is 0 Å². The van der Waals surface area contributed by atoms with Gasteiger partial charge in [-0.3, -0.25) is 13.9 Å². The fourth-order valence-corrected chi connectivity index (χ4v) is 5.13. The summed E-state index contributed by atoms with van der Waals surface area (Å²) in [4.78, 5) is 27.4. The zero-order valence-electron chi connectivity index (χ0n) is 20.5. The monoisotopic (exact) mass is 507 g/mol. The lowest BCUT2D eigenvalue weighted by Gasteiger charge is -2.31. The van der Waals surface area contributed by atoms with E-state index in [4.69, 9.17) is 11.6 Å². The third-order valence-corrected chi connectivity index (χ3v) is 7.32. The highest BCUT2D eigenvalue weighted by atomic mass is 35.5. The van der Waals surface area contributed by atoms with E-state index in [-0.39, 0.29) is 24.8 Å². The molecule has 2 aromatic rings. The fourth-order valence-electron chi connectivity index (χ4n) is 3.94. The summed E-state index contributed by atoms with van der Waals surface area (Å²) in [6.07, 6.45) is 2.00. The van der Waals surface area contributed by atoms with Gasteiger partial charge in [0.15, 0.2) is 0 Å². The summed E-state index contributed by atoms with van der Waals surface area (Å²) in [5.41, 5.74) is 3.16. The van der Waals surface area contributed by atoms with E-state index in [2.05, 4.69) is 5.32 Å². The summed E-state index contributed by atoms with van der Waals surface area (Å²) in [6, 6.07) is 12.3. The first-order valence-electron chi connectivity index (χ1n) is 11.3. The molecule has 0 aromatic heterocycles. The Kier molecular flexibility index (Phi) is 9.94. The van der Waals surface area contributed by atoms with Crippen LogP contribution in [0.4, 0.5) is 5.69 Å². The Balaban J connectivity index is 2.23. The Bertz CT molecular complexity index is 1120. The van der Waals surface area contributed by atoms with Crippen LogP contribution in [0.15, 0.2) is 42.5 Å². The molecule has 2 rings (SSSR count). The van der Waals surface area contributed by atoms with E-state index in [9.17, 15) is 18.0 Å². The first kappa shape index (κ1) is 27.7. The summed E-state index contributed by atoms with van der Waals surface area (Å²) in [5.74, 6) is -0.427. The fraction of sp³-hybridized carbons (Fsp3) is 0.440. The van der Waals surface area contributed by atoms with Crippen molar-refractivity contribution < 1.29 is 18.0 Å². The van der Waals surface area contributed by atoms with Gasteiger partial charge in [-0.25, -0.2) is 8.42 Å². The minimum Gasteiger partial charge on any atom is -0.357 e. The molecule has 1 N–H and O–H groups in total. The number of sulfonamides is 1. The molecule has 0 heterocycles. The number of likely N-dealkylation sites (N-methyl/N-ethyl adjacent to an activating group) is 1. The molecule has 9 heteroatoms. The van der Waals surface area contributed by atoms with Gasteiger partial charge in [-0.05, 0) is 49.9 Å². The van der Waals surface area contributed by atoms with Crippen LogP contribution in [0.3, 0.4) is 0 Å². The second kappa shape index (κ2) is 12.2. The van der Waals surface area contributed by atoms with Gasteiger partial charge in [-0.15, -0.1) is 0 Å². The normalized spacial score (nSPS) is 12.2. The van der Waals surface area contributed by atoms with Crippen molar-refractivity contribution in [2.24, 2.45) is 0 Å². The zero-order chi connectivity index (χ0) is 25.5. The lowest BCUT2D eigenvalue weighted by atomic mass is 10.1. The van der Waals surface area contributed by atoms with Gasteiger partial charge in [0.2, 0.25) is 21.8 Å². The lowest BCUT2D eigenvalue weighted by molar-refractivity contribution is -0.141. The first-order chi connectivity index (χ1) is 16.0. The topological polar surface area (TPSA) is 86.8 Å². The van der Waals surface area contributed by atoms with Gasteiger partial charge in [-0.1, -0.05) is 54.4 Å². The van der Waals surface area contributed by atoms with Crippen molar-refractivity contribution >= 4 is 39.1 Å². The zero-order valence-corrected chi connectivity index (χ0v) is 22.0. The molecule has 2 amide bonds. The van der Waals surface area contributed by atoms with E-state index < -0.39 is 16.1 Å². The van der Waals surface area contributed by atoms with Crippen LogP contribution in [-0.4, -0.2) is 51.0 Å². The molecule has 0 saturated carbocycles. The standard InChI is InChI=1S/C25H34ClN3O4S/c1-6-22(25(31)27-4)28(17-20-11-7-10-18(2)16-20)24(30)14-9-15-29(34(5,32)33)23-13-8-12-21(26)19(23)3/h7-8,10-13,16,22H,6,9,14-15,17H2,1-5H3,(H,27,31). The number of carbonyl (C=O) groups excluding carboxylic acids is 2. The predicted molar refractivity (Wildman–Crippen MR) is 137 cm³/mol. The molecule has 0 aliphatic carbocycles. The van der Waals surface area contributed by atoms with Gasteiger partial charge in [0.05, 0.1) is 11.9 Å². The minimum absolute atomic E-state index is 0.102. The molecule has 0 saturated heterocycles. The van der Waals surface area contributed by atoms with Crippen LogP contribution in [0.25, 0.3) is 0 Å². The number of nitrogens with one attached hydrogen (secondary N) is 1. The van der Waals surface area contributed by atoms with E-state index in [0.29, 0.717) is 35.7 Å². The van der Waals surface area contributed by atoms with Crippen LogP contribution in [0.5, 0.6) is 0 Å². The molecule has 0 fully saturated rings. The van der Waals surface area contributed by atoms with Crippen molar-refractivity contribution in [2.75, 3.05) is 24.2 Å². The number of nitrogens with zero attached hydrogens (tertiary/aromatic N) is 2. The average Bonchev–Trinajstić information content (AvgIpc) is 2.77. The van der Waals surface area contributed by atoms with Crippen LogP contribution >= 0.6 is 11.6 Å². The molecule has 34 heavy (non-hydrogen) atoms. The first-order valence-corrected chi connectivity index (χ1v) is 13.5. The van der Waals surface area contributed by atoms with E-state index in [1.165, 1.54) is 4.31 Å². The second-order valence-electron chi connectivity index (χ2n) is 8.37. The van der Waals surface area contributed by atoms with Crippen LogP contribution in [0.2, 0.25) is 5.02 Å². The van der Waals surface area contributed by atoms with Crippen molar-refractivity contribution in [2.45, 2.75) is 52.6 Å². The molecule has 1 unspecified atom stereocenters. The number of aryl methyl sites for hydroxylation is 1. The highest BCUT2D eigenvalue weighted by Gasteiger charge is 2.28. The maximum Gasteiger partial charge on any atom is 0.242 e. The minimum atomic E-state index is -3.58. The van der Waals surface area contributed by atoms with Gasteiger partial charge < -0.3 is 10.2 Å². The quantitative estimate of drug-likeness (QED) is 0.497. The Hall–Kier alpha value is -2.58. The largest absolute Gasteiger partial charge is 0.357 e. The molecule has 1 atom stereocenters. The van der Waals surface area contributed by atoms with Gasteiger partial charge in [0.1, 0.15) is 6.04 Å². The molecule has 0 aliphatic heterocycles. The molecular weight excluding hydrogens is 474 g/mol. The summed E-state index contributed by atoms with van der Waals surface area (Å²) in [5, 5.41) is 3.12. The maximum absolute atomic E-state index is 13.3. The molecule has 7 nitrogen and oxygen atoms in total.